The zero-order chi connectivity index (χ0) is 29.7. The molecule has 1 spiro atoms. The Kier molecular flexibility index (Phi) is 8.19. The average Bonchev–Trinajstić information content (AvgIpc) is 3.73. The second kappa shape index (κ2) is 10.9. The third-order valence-corrected chi connectivity index (χ3v) is 21.4. The van der Waals surface area contributed by atoms with Gasteiger partial charge in [-0.05, 0) is 128 Å². The maximum absolute atomic E-state index is 2.33. The molecule has 0 unspecified atom stereocenters. The molecule has 0 aromatic carbocycles. The van der Waals surface area contributed by atoms with Crippen LogP contribution < -0.4 is 0 Å². The van der Waals surface area contributed by atoms with Gasteiger partial charge < -0.3 is 0 Å². The second-order valence-corrected chi connectivity index (χ2v) is 22.5. The molecule has 0 amide bonds. The van der Waals surface area contributed by atoms with Gasteiger partial charge in [0.05, 0.1) is 0 Å². The summed E-state index contributed by atoms with van der Waals surface area (Å²) in [6, 6.07) is 0. The summed E-state index contributed by atoms with van der Waals surface area (Å²) >= 11 is 16.4. The monoisotopic (exact) mass is 688 g/mol. The van der Waals surface area contributed by atoms with Crippen molar-refractivity contribution in [3.05, 3.63) is 83.5 Å². The van der Waals surface area contributed by atoms with E-state index in [1.807, 2.05) is 45.3 Å². The topological polar surface area (TPSA) is 0 Å². The highest BCUT2D eigenvalue weighted by atomic mass is 32.3. The summed E-state index contributed by atoms with van der Waals surface area (Å²) in [6.07, 6.45) is 0. The molecule has 2 aliphatic heterocycles. The highest BCUT2D eigenvalue weighted by molar-refractivity contribution is 8.58. The van der Waals surface area contributed by atoms with Gasteiger partial charge >= 0.3 is 0 Å². The number of thioether (sulfide) groups is 4. The van der Waals surface area contributed by atoms with Gasteiger partial charge in [0, 0.05) is 58.6 Å². The number of thiophene rings is 4. The van der Waals surface area contributed by atoms with Crippen molar-refractivity contribution in [3.63, 3.8) is 0 Å². The van der Waals surface area contributed by atoms with Crippen LogP contribution in [-0.2, 0) is 0 Å². The zero-order valence-electron chi connectivity index (χ0n) is 25.8. The van der Waals surface area contributed by atoms with Gasteiger partial charge in [-0.1, -0.05) is 47.0 Å². The minimum absolute atomic E-state index is 0.0811. The van der Waals surface area contributed by atoms with Crippen molar-refractivity contribution in [2.45, 2.75) is 85.8 Å². The van der Waals surface area contributed by atoms with E-state index in [0.717, 1.165) is 0 Å². The molecule has 2 aliphatic rings. The van der Waals surface area contributed by atoms with Crippen LogP contribution in [0.3, 0.4) is 0 Å². The maximum atomic E-state index is 2.33. The molecule has 8 heteroatoms. The van der Waals surface area contributed by atoms with Crippen LogP contribution in [0.5, 0.6) is 0 Å². The quantitative estimate of drug-likeness (QED) is 0.209. The van der Waals surface area contributed by atoms with Crippen LogP contribution >= 0.6 is 92.4 Å². The molecule has 0 saturated carbocycles. The van der Waals surface area contributed by atoms with Gasteiger partial charge in [-0.15, -0.1) is 45.3 Å². The first kappa shape index (κ1) is 30.7. The summed E-state index contributed by atoms with van der Waals surface area (Å²) in [5, 5.41) is 0. The van der Waals surface area contributed by atoms with E-state index < -0.39 is 0 Å². The summed E-state index contributed by atoms with van der Waals surface area (Å²) in [5.74, 6) is 0. The second-order valence-electron chi connectivity index (χ2n) is 11.2. The van der Waals surface area contributed by atoms with Gasteiger partial charge in [0.2, 0.25) is 0 Å². The van der Waals surface area contributed by atoms with Crippen molar-refractivity contribution in [2.75, 3.05) is 0 Å². The predicted octanol–water partition coefficient (Wildman–Crippen LogP) is 13.6. The lowest BCUT2D eigenvalue weighted by Gasteiger charge is -2.21. The maximum Gasteiger partial charge on any atom is 0.171 e. The molecule has 0 aliphatic carbocycles. The van der Waals surface area contributed by atoms with Crippen LogP contribution in [0, 0.1) is 83.1 Å². The molecular formula is C33H36S8. The summed E-state index contributed by atoms with van der Waals surface area (Å²) in [5.41, 5.74) is 11.6. The van der Waals surface area contributed by atoms with E-state index in [2.05, 4.69) is 130 Å². The Bertz CT molecular complexity index is 1540. The number of hydrogen-bond acceptors (Lipinski definition) is 8. The van der Waals surface area contributed by atoms with Crippen molar-refractivity contribution in [1.29, 1.82) is 0 Å². The normalized spacial score (nSPS) is 16.9. The fourth-order valence-corrected chi connectivity index (χ4v) is 18.2. The van der Waals surface area contributed by atoms with E-state index in [1.165, 1.54) is 103 Å². The SMILES string of the molecule is Cc1sc(C2=C(c3sc(C)c(C)c3C)SC3(S2)SC(c2sc(C)c(C)c2C)=C(c2sc(C)c(C)c2C)S3)c(C)c1C. The molecule has 0 nitrogen and oxygen atoms in total. The van der Waals surface area contributed by atoms with Crippen LogP contribution in [-0.4, -0.2) is 2.74 Å². The average molecular weight is 689 g/mol. The van der Waals surface area contributed by atoms with Gasteiger partial charge in [0.25, 0.3) is 0 Å². The molecule has 0 radical (unpaired) electrons. The molecule has 0 atom stereocenters. The van der Waals surface area contributed by atoms with E-state index in [9.17, 15) is 0 Å². The minimum atomic E-state index is -0.0811. The molecule has 216 valence electrons. The highest BCUT2D eigenvalue weighted by Gasteiger charge is 2.51. The largest absolute Gasteiger partial charge is 0.171 e. The van der Waals surface area contributed by atoms with Gasteiger partial charge in [0.1, 0.15) is 0 Å². The Hall–Kier alpha value is -0.320. The first-order valence-electron chi connectivity index (χ1n) is 13.8. The third kappa shape index (κ3) is 4.86. The van der Waals surface area contributed by atoms with Crippen LogP contribution in [0.4, 0.5) is 0 Å². The molecule has 0 bridgehead atoms. The van der Waals surface area contributed by atoms with E-state index >= 15 is 0 Å². The number of hydrogen-bond donors (Lipinski definition) is 0. The fourth-order valence-electron chi connectivity index (χ4n) is 5.24. The van der Waals surface area contributed by atoms with E-state index in [4.69, 9.17) is 0 Å². The summed E-state index contributed by atoms with van der Waals surface area (Å²) in [6.45, 7) is 27.7. The standard InChI is InChI=1S/C33H36S8/c1-13-17(5)25(34-21(13)9)29-30(26-18(6)14(2)22(10)35-26)39-33(38-29)40-31(27-19(7)15(3)23(11)36-27)32(41-33)28-20(8)16(4)24(12)37-28/h1-12H3. The van der Waals surface area contributed by atoms with Crippen molar-refractivity contribution in [1.82, 2.24) is 0 Å². The van der Waals surface area contributed by atoms with Crippen molar-refractivity contribution >= 4 is 112 Å². The molecule has 0 fully saturated rings. The molecular weight excluding hydrogens is 653 g/mol. The lowest BCUT2D eigenvalue weighted by atomic mass is 10.1. The number of aryl methyl sites for hydroxylation is 4. The van der Waals surface area contributed by atoms with Crippen LogP contribution in [0.2, 0.25) is 0 Å². The van der Waals surface area contributed by atoms with Gasteiger partial charge in [-0.3, -0.25) is 0 Å². The molecule has 4 aromatic heterocycles. The number of rotatable bonds is 4. The Balaban J connectivity index is 1.53. The van der Waals surface area contributed by atoms with Crippen molar-refractivity contribution < 1.29 is 0 Å². The predicted molar refractivity (Wildman–Crippen MR) is 201 cm³/mol. The molecule has 6 heterocycles. The Labute approximate surface area is 278 Å². The zero-order valence-corrected chi connectivity index (χ0v) is 32.3. The Morgan fingerprint density at radius 3 is 0.634 bits per heavy atom. The van der Waals surface area contributed by atoms with Gasteiger partial charge in [-0.25, -0.2) is 0 Å². The first-order chi connectivity index (χ1) is 19.2. The fraction of sp³-hybridized carbons (Fsp3) is 0.394. The first-order valence-corrected chi connectivity index (χ1v) is 20.3. The lowest BCUT2D eigenvalue weighted by molar-refractivity contribution is 1.34. The summed E-state index contributed by atoms with van der Waals surface area (Å²) < 4.78 is -0.0811. The van der Waals surface area contributed by atoms with Crippen LogP contribution in [0.1, 0.15) is 83.5 Å². The molecule has 41 heavy (non-hydrogen) atoms. The van der Waals surface area contributed by atoms with Crippen molar-refractivity contribution in [2.24, 2.45) is 0 Å². The molecule has 0 N–H and O–H groups in total. The molecule has 4 aromatic rings. The van der Waals surface area contributed by atoms with Crippen LogP contribution in [0.25, 0.3) is 19.6 Å². The Morgan fingerprint density at radius 2 is 0.488 bits per heavy atom. The summed E-state index contributed by atoms with van der Waals surface area (Å²) in [4.78, 5) is 17.6. The van der Waals surface area contributed by atoms with Gasteiger partial charge in [-0.2, -0.15) is 0 Å². The highest BCUT2D eigenvalue weighted by Crippen LogP contribution is 2.79. The van der Waals surface area contributed by atoms with E-state index in [-0.39, 0.29) is 2.74 Å². The lowest BCUT2D eigenvalue weighted by Crippen LogP contribution is -2.01. The molecule has 6 rings (SSSR count). The third-order valence-electron chi connectivity index (χ3n) is 8.89. The van der Waals surface area contributed by atoms with E-state index in [0.29, 0.717) is 0 Å². The van der Waals surface area contributed by atoms with E-state index in [1.54, 1.807) is 0 Å². The van der Waals surface area contributed by atoms with Crippen molar-refractivity contribution in [3.8, 4) is 0 Å². The molecule has 0 saturated heterocycles. The summed E-state index contributed by atoms with van der Waals surface area (Å²) in [7, 11) is 0. The minimum Gasteiger partial charge on any atom is -0.139 e. The Morgan fingerprint density at radius 1 is 0.293 bits per heavy atom. The van der Waals surface area contributed by atoms with Gasteiger partial charge in [0.15, 0.2) is 2.74 Å². The smallest absolute Gasteiger partial charge is 0.139 e. The van der Waals surface area contributed by atoms with Crippen LogP contribution in [0.15, 0.2) is 0 Å².